The van der Waals surface area contributed by atoms with Crippen LogP contribution in [-0.2, 0) is 4.79 Å². The number of aliphatic hydroxyl groups is 2. The zero-order chi connectivity index (χ0) is 7.44. The Morgan fingerprint density at radius 1 is 1.67 bits per heavy atom. The van der Waals surface area contributed by atoms with E-state index in [0.717, 1.165) is 0 Å². The maximum absolute atomic E-state index is 10.4. The van der Waals surface area contributed by atoms with Gasteiger partial charge in [-0.1, -0.05) is 0 Å². The lowest BCUT2D eigenvalue weighted by molar-refractivity contribution is -0.130. The topological polar surface area (TPSA) is 83.5 Å². The van der Waals surface area contributed by atoms with Gasteiger partial charge in [0.15, 0.2) is 5.78 Å². The molecule has 0 saturated carbocycles. The van der Waals surface area contributed by atoms with E-state index in [2.05, 4.69) is 0 Å². The number of rotatable bonds is 3. The molecule has 0 saturated heterocycles. The summed E-state index contributed by atoms with van der Waals surface area (Å²) in [6.07, 6.45) is -2.35. The van der Waals surface area contributed by atoms with Crippen molar-refractivity contribution in [3.63, 3.8) is 0 Å². The van der Waals surface area contributed by atoms with Crippen molar-refractivity contribution in [2.75, 3.05) is 6.54 Å². The molecule has 4 nitrogen and oxygen atoms in total. The van der Waals surface area contributed by atoms with E-state index in [0.29, 0.717) is 0 Å². The van der Waals surface area contributed by atoms with Crippen molar-refractivity contribution in [2.45, 2.75) is 19.1 Å². The molecule has 0 aliphatic carbocycles. The summed E-state index contributed by atoms with van der Waals surface area (Å²) in [5.41, 5.74) is 4.89. The van der Waals surface area contributed by atoms with Gasteiger partial charge in [-0.05, 0) is 6.92 Å². The molecule has 0 aromatic rings. The Labute approximate surface area is 53.3 Å². The van der Waals surface area contributed by atoms with Crippen molar-refractivity contribution >= 4 is 5.78 Å². The summed E-state index contributed by atoms with van der Waals surface area (Å²) in [5.74, 6) is -0.537. The van der Waals surface area contributed by atoms with Gasteiger partial charge in [-0.15, -0.1) is 0 Å². The fourth-order valence-electron chi connectivity index (χ4n) is 0.390. The van der Waals surface area contributed by atoms with E-state index in [1.54, 1.807) is 0 Å². The molecule has 0 fully saturated rings. The Morgan fingerprint density at radius 2 is 2.11 bits per heavy atom. The second-order valence-electron chi connectivity index (χ2n) is 1.86. The molecule has 0 rings (SSSR count). The summed E-state index contributed by atoms with van der Waals surface area (Å²) in [4.78, 5) is 10.4. The number of ketones is 1. The van der Waals surface area contributed by atoms with Gasteiger partial charge < -0.3 is 15.9 Å². The van der Waals surface area contributed by atoms with Crippen LogP contribution in [0.3, 0.4) is 0 Å². The van der Waals surface area contributed by atoms with E-state index in [4.69, 9.17) is 15.9 Å². The molecule has 0 amide bonds. The Kier molecular flexibility index (Phi) is 3.37. The van der Waals surface area contributed by atoms with Crippen LogP contribution in [0, 0.1) is 0 Å². The van der Waals surface area contributed by atoms with E-state index in [1.165, 1.54) is 6.92 Å². The Balaban J connectivity index is 3.72. The Hall–Kier alpha value is -0.450. The zero-order valence-electron chi connectivity index (χ0n) is 5.24. The molecule has 4 heteroatoms. The van der Waals surface area contributed by atoms with Gasteiger partial charge in [0.05, 0.1) is 12.6 Å². The molecule has 0 aliphatic rings. The molecule has 0 radical (unpaired) electrons. The summed E-state index contributed by atoms with van der Waals surface area (Å²) < 4.78 is 0. The molecule has 0 aliphatic heterocycles. The molecule has 2 atom stereocenters. The minimum atomic E-state index is -1.32. The van der Waals surface area contributed by atoms with Gasteiger partial charge in [-0.25, -0.2) is 0 Å². The molecule has 4 N–H and O–H groups in total. The van der Waals surface area contributed by atoms with Gasteiger partial charge in [0.25, 0.3) is 0 Å². The second kappa shape index (κ2) is 3.55. The van der Waals surface area contributed by atoms with Crippen molar-refractivity contribution in [3.8, 4) is 0 Å². The van der Waals surface area contributed by atoms with E-state index < -0.39 is 18.0 Å². The number of nitrogens with two attached hydrogens (primary N) is 1. The quantitative estimate of drug-likeness (QED) is 0.426. The Bertz CT molecular complexity index is 102. The van der Waals surface area contributed by atoms with Crippen LogP contribution in [0.4, 0.5) is 0 Å². The first kappa shape index (κ1) is 8.55. The smallest absolute Gasteiger partial charge is 0.177 e. The molecular weight excluding hydrogens is 122 g/mol. The van der Waals surface area contributed by atoms with Crippen LogP contribution < -0.4 is 5.73 Å². The van der Waals surface area contributed by atoms with Crippen molar-refractivity contribution in [3.05, 3.63) is 0 Å². The molecule has 0 aromatic carbocycles. The van der Waals surface area contributed by atoms with Gasteiger partial charge in [0.2, 0.25) is 0 Å². The van der Waals surface area contributed by atoms with Gasteiger partial charge >= 0.3 is 0 Å². The minimum absolute atomic E-state index is 0.230. The number of aliphatic hydroxyl groups excluding tert-OH is 2. The molecule has 0 aromatic heterocycles. The number of hydrogen-bond donors (Lipinski definition) is 3. The van der Waals surface area contributed by atoms with Crippen LogP contribution in [0.15, 0.2) is 0 Å². The summed E-state index contributed by atoms with van der Waals surface area (Å²) in [6.45, 7) is 1.10. The normalized spacial score (nSPS) is 16.9. The zero-order valence-corrected chi connectivity index (χ0v) is 5.24. The average molecular weight is 133 g/mol. The summed E-state index contributed by atoms with van der Waals surface area (Å²) in [5, 5.41) is 17.3. The average Bonchev–Trinajstić information content (AvgIpc) is 1.84. The highest BCUT2D eigenvalue weighted by molar-refractivity contribution is 5.84. The molecular formula is C5H11NO3. The lowest BCUT2D eigenvalue weighted by Crippen LogP contribution is -2.35. The lowest BCUT2D eigenvalue weighted by Gasteiger charge is -2.09. The third kappa shape index (κ3) is 2.55. The van der Waals surface area contributed by atoms with E-state index >= 15 is 0 Å². The standard InChI is InChI=1S/C5H11NO3/c1-3(7)5(9)4(8)2-6/h3,5,7,9H,2,6H2,1H3. The SMILES string of the molecule is CC(O)C(O)C(=O)CN. The van der Waals surface area contributed by atoms with E-state index in [9.17, 15) is 4.79 Å². The molecule has 54 valence electrons. The fraction of sp³-hybridized carbons (Fsp3) is 0.800. The third-order valence-corrected chi connectivity index (χ3v) is 0.988. The fourth-order valence-corrected chi connectivity index (χ4v) is 0.390. The highest BCUT2D eigenvalue weighted by Gasteiger charge is 2.17. The Morgan fingerprint density at radius 3 is 2.22 bits per heavy atom. The summed E-state index contributed by atoms with van der Waals surface area (Å²) in [6, 6.07) is 0. The van der Waals surface area contributed by atoms with Crippen LogP contribution in [0.1, 0.15) is 6.92 Å². The molecule has 0 bridgehead atoms. The first-order valence-electron chi connectivity index (χ1n) is 2.68. The maximum Gasteiger partial charge on any atom is 0.177 e. The lowest BCUT2D eigenvalue weighted by atomic mass is 10.1. The van der Waals surface area contributed by atoms with Crippen LogP contribution in [0.25, 0.3) is 0 Å². The maximum atomic E-state index is 10.4. The number of carbonyl (C=O) groups is 1. The summed E-state index contributed by atoms with van der Waals surface area (Å²) in [7, 11) is 0. The second-order valence-corrected chi connectivity index (χ2v) is 1.86. The number of Topliss-reactive ketones (excluding diaryl/α,β-unsaturated/α-hetero) is 1. The van der Waals surface area contributed by atoms with E-state index in [-0.39, 0.29) is 6.54 Å². The van der Waals surface area contributed by atoms with Gasteiger partial charge in [0, 0.05) is 0 Å². The number of hydrogen-bond acceptors (Lipinski definition) is 4. The largest absolute Gasteiger partial charge is 0.390 e. The predicted octanol–water partition coefficient (Wildman–Crippen LogP) is -1.74. The van der Waals surface area contributed by atoms with Crippen LogP contribution in [-0.4, -0.2) is 34.7 Å². The molecule has 0 heterocycles. The monoisotopic (exact) mass is 133 g/mol. The minimum Gasteiger partial charge on any atom is -0.390 e. The molecule has 2 unspecified atom stereocenters. The molecule has 0 spiro atoms. The van der Waals surface area contributed by atoms with Crippen LogP contribution in [0.2, 0.25) is 0 Å². The van der Waals surface area contributed by atoms with Gasteiger partial charge in [-0.2, -0.15) is 0 Å². The van der Waals surface area contributed by atoms with Crippen LogP contribution in [0.5, 0.6) is 0 Å². The predicted molar refractivity (Wildman–Crippen MR) is 31.7 cm³/mol. The highest BCUT2D eigenvalue weighted by Crippen LogP contribution is 1.91. The highest BCUT2D eigenvalue weighted by atomic mass is 16.3. The first-order chi connectivity index (χ1) is 4.09. The van der Waals surface area contributed by atoms with Crippen molar-refractivity contribution in [2.24, 2.45) is 5.73 Å². The van der Waals surface area contributed by atoms with E-state index in [1.807, 2.05) is 0 Å². The van der Waals surface area contributed by atoms with Crippen LogP contribution >= 0.6 is 0 Å². The van der Waals surface area contributed by atoms with Crippen molar-refractivity contribution in [1.29, 1.82) is 0 Å². The molecule has 9 heavy (non-hydrogen) atoms. The summed E-state index contributed by atoms with van der Waals surface area (Å²) >= 11 is 0. The number of carbonyl (C=O) groups excluding carboxylic acids is 1. The van der Waals surface area contributed by atoms with Crippen molar-refractivity contribution in [1.82, 2.24) is 0 Å². The first-order valence-corrected chi connectivity index (χ1v) is 2.68. The van der Waals surface area contributed by atoms with Gasteiger partial charge in [-0.3, -0.25) is 4.79 Å². The van der Waals surface area contributed by atoms with Gasteiger partial charge in [0.1, 0.15) is 6.10 Å². The third-order valence-electron chi connectivity index (χ3n) is 0.988. The van der Waals surface area contributed by atoms with Crippen molar-refractivity contribution < 1.29 is 15.0 Å².